The highest BCUT2D eigenvalue weighted by molar-refractivity contribution is 7.80. The molecule has 0 saturated heterocycles. The lowest BCUT2D eigenvalue weighted by Crippen LogP contribution is -2.34. The van der Waals surface area contributed by atoms with Crippen LogP contribution in [0.5, 0.6) is 0 Å². The second kappa shape index (κ2) is 8.28. The van der Waals surface area contributed by atoms with Gasteiger partial charge in [0.2, 0.25) is 0 Å². The minimum Gasteiger partial charge on any atom is -0.332 e. The molecule has 26 heavy (non-hydrogen) atoms. The van der Waals surface area contributed by atoms with Crippen LogP contribution in [0.2, 0.25) is 0 Å². The van der Waals surface area contributed by atoms with Gasteiger partial charge < -0.3 is 5.32 Å². The molecule has 0 aromatic heterocycles. The van der Waals surface area contributed by atoms with Gasteiger partial charge in [-0.25, -0.2) is 0 Å². The van der Waals surface area contributed by atoms with Crippen LogP contribution in [0.25, 0.3) is 6.08 Å². The Hall–Kier alpha value is -2.46. The molecule has 0 heterocycles. The van der Waals surface area contributed by atoms with E-state index in [2.05, 4.69) is 31.4 Å². The van der Waals surface area contributed by atoms with E-state index in [1.54, 1.807) is 0 Å². The molecule has 3 nitrogen and oxygen atoms in total. The zero-order valence-corrected chi connectivity index (χ0v) is 16.8. The van der Waals surface area contributed by atoms with Crippen molar-refractivity contribution in [2.75, 3.05) is 5.32 Å². The van der Waals surface area contributed by atoms with Gasteiger partial charge in [-0.2, -0.15) is 0 Å². The van der Waals surface area contributed by atoms with Crippen molar-refractivity contribution in [2.45, 2.75) is 40.0 Å². The normalized spacial score (nSPS) is 11.4. The van der Waals surface area contributed by atoms with Gasteiger partial charge in [0.25, 0.3) is 5.91 Å². The molecule has 2 N–H and O–H groups in total. The number of nitrogens with one attached hydrogen (secondary N) is 2. The van der Waals surface area contributed by atoms with Gasteiger partial charge in [0.15, 0.2) is 5.11 Å². The zero-order valence-electron chi connectivity index (χ0n) is 16.0. The number of benzene rings is 2. The van der Waals surface area contributed by atoms with E-state index >= 15 is 0 Å². The summed E-state index contributed by atoms with van der Waals surface area (Å²) in [5.74, 6) is -0.219. The largest absolute Gasteiger partial charge is 0.332 e. The Balaban J connectivity index is 2.09. The maximum Gasteiger partial charge on any atom is 0.257 e. The van der Waals surface area contributed by atoms with Gasteiger partial charge in [0.1, 0.15) is 0 Å². The average Bonchev–Trinajstić information content (AvgIpc) is 2.57. The number of aryl methyl sites for hydroxylation is 1. The van der Waals surface area contributed by atoms with Crippen molar-refractivity contribution < 1.29 is 4.79 Å². The Labute approximate surface area is 161 Å². The fraction of sp³-hybridized carbons (Fsp3) is 0.273. The molecule has 4 heteroatoms. The van der Waals surface area contributed by atoms with Crippen LogP contribution in [0.15, 0.2) is 48.5 Å². The van der Waals surface area contributed by atoms with Crippen molar-refractivity contribution in [1.29, 1.82) is 0 Å². The van der Waals surface area contributed by atoms with E-state index in [1.807, 2.05) is 68.5 Å². The Bertz CT molecular complexity index is 830. The second-order valence-corrected chi connectivity index (χ2v) is 7.68. The minimum atomic E-state index is -0.219. The summed E-state index contributed by atoms with van der Waals surface area (Å²) in [7, 11) is 0. The molecule has 0 radical (unpaired) electrons. The number of allylic oxidation sites excluding steroid dienone is 1. The van der Waals surface area contributed by atoms with Gasteiger partial charge in [-0.15, -0.1) is 0 Å². The van der Waals surface area contributed by atoms with Crippen LogP contribution in [0, 0.1) is 6.92 Å². The molecular weight excluding hydrogens is 340 g/mol. The van der Waals surface area contributed by atoms with Crippen LogP contribution < -0.4 is 10.6 Å². The van der Waals surface area contributed by atoms with E-state index < -0.39 is 0 Å². The predicted molar refractivity (Wildman–Crippen MR) is 115 cm³/mol. The SMILES string of the molecule is C/C=C\c1c(C)cccc1NC(=S)NC(=O)c1ccc(C(C)(C)C)cc1. The van der Waals surface area contributed by atoms with Crippen LogP contribution in [-0.2, 0) is 5.41 Å². The molecule has 0 saturated carbocycles. The summed E-state index contributed by atoms with van der Waals surface area (Å²) in [6.07, 6.45) is 4.00. The number of thiocarbonyl (C=S) groups is 1. The van der Waals surface area contributed by atoms with Crippen LogP contribution in [0.4, 0.5) is 5.69 Å². The lowest BCUT2D eigenvalue weighted by molar-refractivity contribution is 0.0977. The Morgan fingerprint density at radius 2 is 1.73 bits per heavy atom. The number of amides is 1. The van der Waals surface area contributed by atoms with Crippen molar-refractivity contribution in [3.63, 3.8) is 0 Å². The lowest BCUT2D eigenvalue weighted by Gasteiger charge is -2.19. The van der Waals surface area contributed by atoms with E-state index in [9.17, 15) is 4.79 Å². The molecule has 0 unspecified atom stereocenters. The zero-order chi connectivity index (χ0) is 19.3. The third-order valence-corrected chi connectivity index (χ3v) is 4.35. The fourth-order valence-corrected chi connectivity index (χ4v) is 2.83. The summed E-state index contributed by atoms with van der Waals surface area (Å²) in [6.45, 7) is 10.4. The quantitative estimate of drug-likeness (QED) is 0.710. The maximum absolute atomic E-state index is 12.4. The van der Waals surface area contributed by atoms with Crippen LogP contribution in [0.3, 0.4) is 0 Å². The Kier molecular flexibility index (Phi) is 6.32. The van der Waals surface area contributed by atoms with Crippen LogP contribution >= 0.6 is 12.2 Å². The smallest absolute Gasteiger partial charge is 0.257 e. The molecule has 136 valence electrons. The molecule has 2 aromatic carbocycles. The van der Waals surface area contributed by atoms with Gasteiger partial charge in [-0.05, 0) is 60.8 Å². The molecule has 0 bridgehead atoms. The number of carbonyl (C=O) groups is 1. The number of hydrogen-bond donors (Lipinski definition) is 2. The predicted octanol–water partition coefficient (Wildman–Crippen LogP) is 5.45. The topological polar surface area (TPSA) is 41.1 Å². The molecule has 0 aliphatic carbocycles. The summed E-state index contributed by atoms with van der Waals surface area (Å²) >= 11 is 5.32. The fourth-order valence-electron chi connectivity index (χ4n) is 2.63. The van der Waals surface area contributed by atoms with E-state index in [-0.39, 0.29) is 16.4 Å². The highest BCUT2D eigenvalue weighted by atomic mass is 32.1. The molecule has 0 fully saturated rings. The van der Waals surface area contributed by atoms with Crippen molar-refractivity contribution in [1.82, 2.24) is 5.32 Å². The molecule has 0 atom stereocenters. The lowest BCUT2D eigenvalue weighted by atomic mass is 9.87. The van der Waals surface area contributed by atoms with Gasteiger partial charge in [-0.3, -0.25) is 10.1 Å². The second-order valence-electron chi connectivity index (χ2n) is 7.27. The van der Waals surface area contributed by atoms with Gasteiger partial charge in [-0.1, -0.05) is 57.2 Å². The maximum atomic E-state index is 12.4. The van der Waals surface area contributed by atoms with E-state index in [0.29, 0.717) is 5.56 Å². The standard InChI is InChI=1S/C22H26N2OS/c1-6-8-18-15(2)9-7-10-19(18)23-21(26)24-20(25)16-11-13-17(14-12-16)22(3,4)5/h6-14H,1-5H3,(H2,23,24,25,26)/b8-6-. The number of hydrogen-bond acceptors (Lipinski definition) is 2. The van der Waals surface area contributed by atoms with Crippen molar-refractivity contribution >= 4 is 35.0 Å². The molecule has 2 aromatic rings. The minimum absolute atomic E-state index is 0.0558. The van der Waals surface area contributed by atoms with Crippen LogP contribution in [-0.4, -0.2) is 11.0 Å². The average molecular weight is 367 g/mol. The molecule has 0 aliphatic rings. The first-order valence-electron chi connectivity index (χ1n) is 8.67. The van der Waals surface area contributed by atoms with Gasteiger partial charge >= 0.3 is 0 Å². The van der Waals surface area contributed by atoms with E-state index in [4.69, 9.17) is 12.2 Å². The highest BCUT2D eigenvalue weighted by Gasteiger charge is 2.15. The third-order valence-electron chi connectivity index (χ3n) is 4.15. The monoisotopic (exact) mass is 366 g/mol. The number of rotatable bonds is 3. The molecule has 0 spiro atoms. The first-order chi connectivity index (χ1) is 12.2. The molecule has 0 aliphatic heterocycles. The molecular formula is C22H26N2OS. The van der Waals surface area contributed by atoms with Gasteiger partial charge in [0.05, 0.1) is 0 Å². The Morgan fingerprint density at radius 3 is 2.31 bits per heavy atom. The first kappa shape index (κ1) is 19.9. The number of carbonyl (C=O) groups excluding carboxylic acids is 1. The summed E-state index contributed by atoms with van der Waals surface area (Å²) in [5, 5.41) is 6.15. The molecule has 2 rings (SSSR count). The van der Waals surface area contributed by atoms with Crippen molar-refractivity contribution in [3.05, 3.63) is 70.8 Å². The summed E-state index contributed by atoms with van der Waals surface area (Å²) < 4.78 is 0. The van der Waals surface area contributed by atoms with E-state index in [0.717, 1.165) is 16.8 Å². The third kappa shape index (κ3) is 5.02. The first-order valence-corrected chi connectivity index (χ1v) is 9.08. The highest BCUT2D eigenvalue weighted by Crippen LogP contribution is 2.23. The summed E-state index contributed by atoms with van der Waals surface area (Å²) in [6, 6.07) is 13.6. The number of anilines is 1. The van der Waals surface area contributed by atoms with Crippen LogP contribution in [0.1, 0.15) is 54.7 Å². The van der Waals surface area contributed by atoms with Crippen molar-refractivity contribution in [2.24, 2.45) is 0 Å². The summed E-state index contributed by atoms with van der Waals surface area (Å²) in [4.78, 5) is 12.4. The molecule has 1 amide bonds. The summed E-state index contributed by atoms with van der Waals surface area (Å²) in [5.41, 5.74) is 4.89. The van der Waals surface area contributed by atoms with Gasteiger partial charge in [0, 0.05) is 16.8 Å². The Morgan fingerprint density at radius 1 is 1.08 bits per heavy atom. The van der Waals surface area contributed by atoms with Crippen molar-refractivity contribution in [3.8, 4) is 0 Å². The van der Waals surface area contributed by atoms with E-state index in [1.165, 1.54) is 5.56 Å².